The molecule has 3 aromatic carbocycles. The van der Waals surface area contributed by atoms with E-state index in [9.17, 15) is 24.0 Å². The molecule has 0 aliphatic carbocycles. The molecule has 0 N–H and O–H groups in total. The van der Waals surface area contributed by atoms with Crippen molar-refractivity contribution in [1.29, 1.82) is 0 Å². The van der Waals surface area contributed by atoms with E-state index in [1.165, 1.54) is 41.3 Å². The molecule has 0 bridgehead atoms. The van der Waals surface area contributed by atoms with Gasteiger partial charge in [-0.1, -0.05) is 63.2 Å². The summed E-state index contributed by atoms with van der Waals surface area (Å²) in [6.07, 6.45) is 0. The SMILES string of the molecule is CC(C)(C)/C(=N\Cc1ccccc1)N1C(=O)c2ccc(C(=O)c3ccc4c(c3)C(=O)N(C(C)(C)C)C4=O)cc2C1=O. The van der Waals surface area contributed by atoms with Crippen molar-refractivity contribution in [2.45, 2.75) is 53.6 Å². The van der Waals surface area contributed by atoms with Crippen molar-refractivity contribution in [1.82, 2.24) is 9.80 Å². The number of amides is 4. The van der Waals surface area contributed by atoms with Crippen molar-refractivity contribution in [3.8, 4) is 0 Å². The zero-order chi connectivity index (χ0) is 29.9. The number of hydrogen-bond donors (Lipinski definition) is 0. The van der Waals surface area contributed by atoms with E-state index in [1.54, 1.807) is 20.8 Å². The van der Waals surface area contributed by atoms with E-state index in [0.29, 0.717) is 12.4 Å². The monoisotopic (exact) mass is 549 g/mol. The number of amidine groups is 1. The number of fused-ring (bicyclic) bond motifs is 2. The van der Waals surface area contributed by atoms with Crippen LogP contribution in [0.3, 0.4) is 0 Å². The molecule has 0 radical (unpaired) electrons. The van der Waals surface area contributed by atoms with Crippen LogP contribution in [0.4, 0.5) is 0 Å². The average molecular weight is 550 g/mol. The Morgan fingerprint density at radius 1 is 0.659 bits per heavy atom. The van der Waals surface area contributed by atoms with E-state index < -0.39 is 40.4 Å². The maximum atomic E-state index is 13.6. The first-order valence-electron chi connectivity index (χ1n) is 13.4. The first-order valence-corrected chi connectivity index (χ1v) is 13.4. The van der Waals surface area contributed by atoms with E-state index in [1.807, 2.05) is 51.1 Å². The second kappa shape index (κ2) is 9.73. The Balaban J connectivity index is 1.46. The zero-order valence-electron chi connectivity index (χ0n) is 23.9. The minimum absolute atomic E-state index is 0.115. The molecular weight excluding hydrogens is 518 g/mol. The molecule has 4 amide bonds. The van der Waals surface area contributed by atoms with E-state index in [-0.39, 0.29) is 33.4 Å². The topological polar surface area (TPSA) is 104 Å². The number of rotatable bonds is 4. The third-order valence-electron chi connectivity index (χ3n) is 7.11. The van der Waals surface area contributed by atoms with Crippen LogP contribution in [0.1, 0.15) is 104 Å². The average Bonchev–Trinajstić information content (AvgIpc) is 3.32. The molecule has 41 heavy (non-hydrogen) atoms. The van der Waals surface area contributed by atoms with Gasteiger partial charge in [-0.25, -0.2) is 4.90 Å². The van der Waals surface area contributed by atoms with Crippen molar-refractivity contribution < 1.29 is 24.0 Å². The Bertz CT molecular complexity index is 1670. The van der Waals surface area contributed by atoms with Gasteiger partial charge >= 0.3 is 0 Å². The molecule has 0 fully saturated rings. The molecule has 0 spiro atoms. The molecule has 2 aliphatic heterocycles. The summed E-state index contributed by atoms with van der Waals surface area (Å²) in [7, 11) is 0. The Labute approximate surface area is 238 Å². The number of carbonyl (C=O) groups is 5. The molecule has 5 rings (SSSR count). The minimum Gasteiger partial charge on any atom is -0.289 e. The molecule has 2 heterocycles. The van der Waals surface area contributed by atoms with Crippen LogP contribution in [0.15, 0.2) is 71.7 Å². The van der Waals surface area contributed by atoms with Gasteiger partial charge in [0.25, 0.3) is 23.6 Å². The van der Waals surface area contributed by atoms with E-state index >= 15 is 0 Å². The van der Waals surface area contributed by atoms with E-state index in [0.717, 1.165) is 10.5 Å². The molecule has 8 nitrogen and oxygen atoms in total. The highest BCUT2D eigenvalue weighted by atomic mass is 16.2. The Hall–Kier alpha value is -4.72. The highest BCUT2D eigenvalue weighted by Crippen LogP contribution is 2.32. The van der Waals surface area contributed by atoms with Crippen LogP contribution in [0, 0.1) is 5.41 Å². The maximum absolute atomic E-state index is 13.6. The normalized spacial score (nSPS) is 15.5. The van der Waals surface area contributed by atoms with Crippen LogP contribution >= 0.6 is 0 Å². The fraction of sp³-hybridized carbons (Fsp3) is 0.273. The quantitative estimate of drug-likeness (QED) is 0.184. The highest BCUT2D eigenvalue weighted by molar-refractivity contribution is 6.31. The van der Waals surface area contributed by atoms with Gasteiger partial charge in [-0.2, -0.15) is 0 Å². The van der Waals surface area contributed by atoms with Crippen LogP contribution < -0.4 is 0 Å². The van der Waals surface area contributed by atoms with Crippen molar-refractivity contribution in [3.63, 3.8) is 0 Å². The molecule has 0 atom stereocenters. The van der Waals surface area contributed by atoms with Gasteiger partial charge in [0.05, 0.1) is 28.8 Å². The number of aliphatic imine (C=N–C) groups is 1. The third kappa shape index (κ3) is 4.79. The predicted octanol–water partition coefficient (Wildman–Crippen LogP) is 5.55. The first kappa shape index (κ1) is 27.8. The second-order valence-corrected chi connectivity index (χ2v) is 12.3. The summed E-state index contributed by atoms with van der Waals surface area (Å²) in [5.74, 6) is -1.99. The van der Waals surface area contributed by atoms with Gasteiger partial charge in [0, 0.05) is 22.1 Å². The van der Waals surface area contributed by atoms with Crippen molar-refractivity contribution in [3.05, 3.63) is 106 Å². The standard InChI is InChI=1S/C33H31N3O5/c1-32(2,3)31(34-18-19-10-8-7-9-11-19)35-27(38)22-14-12-20(16-24(22)28(35)39)26(37)21-13-15-23-25(17-21)30(41)36(29(23)40)33(4,5)6/h7-17H,18H2,1-6H3/b34-31+. The van der Waals surface area contributed by atoms with Crippen molar-refractivity contribution in [2.24, 2.45) is 10.4 Å². The van der Waals surface area contributed by atoms with Crippen molar-refractivity contribution in [2.75, 3.05) is 0 Å². The summed E-state index contributed by atoms with van der Waals surface area (Å²) in [6, 6.07) is 18.3. The molecule has 208 valence electrons. The highest BCUT2D eigenvalue weighted by Gasteiger charge is 2.44. The number of ketones is 1. The van der Waals surface area contributed by atoms with Crippen LogP contribution in [0.5, 0.6) is 0 Å². The molecule has 3 aromatic rings. The lowest BCUT2D eigenvalue weighted by molar-refractivity contribution is 0.0506. The summed E-state index contributed by atoms with van der Waals surface area (Å²) >= 11 is 0. The molecule has 8 heteroatoms. The summed E-state index contributed by atoms with van der Waals surface area (Å²) in [6.45, 7) is 11.3. The lowest BCUT2D eigenvalue weighted by Crippen LogP contribution is -2.45. The predicted molar refractivity (Wildman–Crippen MR) is 154 cm³/mol. The van der Waals surface area contributed by atoms with Crippen LogP contribution in [-0.2, 0) is 6.54 Å². The number of nitrogens with zero attached hydrogens (tertiary/aromatic N) is 3. The fourth-order valence-electron chi connectivity index (χ4n) is 5.13. The van der Waals surface area contributed by atoms with Gasteiger partial charge in [0.2, 0.25) is 0 Å². The Morgan fingerprint density at radius 2 is 1.15 bits per heavy atom. The van der Waals surface area contributed by atoms with Crippen LogP contribution in [-0.4, -0.2) is 50.6 Å². The van der Waals surface area contributed by atoms with Crippen molar-refractivity contribution >= 4 is 35.2 Å². The number of hydrogen-bond acceptors (Lipinski definition) is 6. The summed E-state index contributed by atoms with van der Waals surface area (Å²) in [5.41, 5.74) is 0.725. The smallest absolute Gasteiger partial charge is 0.267 e. The van der Waals surface area contributed by atoms with Gasteiger partial charge in [-0.15, -0.1) is 0 Å². The van der Waals surface area contributed by atoms with Gasteiger partial charge < -0.3 is 0 Å². The van der Waals surface area contributed by atoms with Gasteiger partial charge in [-0.05, 0) is 50.6 Å². The van der Waals surface area contributed by atoms with E-state index in [2.05, 4.69) is 4.99 Å². The largest absolute Gasteiger partial charge is 0.289 e. The van der Waals surface area contributed by atoms with Crippen LogP contribution in [0.2, 0.25) is 0 Å². The number of imide groups is 2. The molecule has 0 saturated heterocycles. The summed E-state index contributed by atoms with van der Waals surface area (Å²) in [5, 5.41) is 0. The van der Waals surface area contributed by atoms with E-state index in [4.69, 9.17) is 0 Å². The number of benzene rings is 3. The molecule has 2 aliphatic rings. The fourth-order valence-corrected chi connectivity index (χ4v) is 5.13. The van der Waals surface area contributed by atoms with Gasteiger partial charge in [-0.3, -0.25) is 33.9 Å². The third-order valence-corrected chi connectivity index (χ3v) is 7.11. The Kier molecular flexibility index (Phi) is 6.60. The molecular formula is C33H31N3O5. The lowest BCUT2D eigenvalue weighted by atomic mass is 9.93. The van der Waals surface area contributed by atoms with Gasteiger partial charge in [0.15, 0.2) is 5.78 Å². The second-order valence-electron chi connectivity index (χ2n) is 12.3. The van der Waals surface area contributed by atoms with Gasteiger partial charge in [0.1, 0.15) is 5.84 Å². The first-order chi connectivity index (χ1) is 19.2. The molecule has 0 saturated carbocycles. The maximum Gasteiger partial charge on any atom is 0.267 e. The number of carbonyl (C=O) groups excluding carboxylic acids is 5. The molecule has 0 unspecified atom stereocenters. The Morgan fingerprint density at radius 3 is 1.68 bits per heavy atom. The zero-order valence-corrected chi connectivity index (χ0v) is 23.9. The molecule has 0 aromatic heterocycles. The summed E-state index contributed by atoms with van der Waals surface area (Å²) < 4.78 is 0. The minimum atomic E-state index is -0.716. The summed E-state index contributed by atoms with van der Waals surface area (Å²) in [4.78, 5) is 73.3. The van der Waals surface area contributed by atoms with Crippen LogP contribution in [0.25, 0.3) is 0 Å². The lowest BCUT2D eigenvalue weighted by Gasteiger charge is -2.29.